The number of amides is 1. The van der Waals surface area contributed by atoms with Crippen LogP contribution >= 0.6 is 11.3 Å². The van der Waals surface area contributed by atoms with Crippen molar-refractivity contribution in [2.24, 2.45) is 0 Å². The zero-order valence-corrected chi connectivity index (χ0v) is 18.6. The van der Waals surface area contributed by atoms with Crippen LogP contribution in [0.2, 0.25) is 0 Å². The standard InChI is InChI=1S/C24H19F2N3O4S.CH4/c1-12(30)21(23(32)33)29-22(31)14-4-2-13(3-5-14)15-6-8-18(17(26)10-15)27-24-28-19-9-7-16(25)11-20(19)34-24;/h2-12,21,30H,1H3,(H,27,28)(H,29,31)(H,32,33);1H4/t12-,21-;/m0./s1. The van der Waals surface area contributed by atoms with Crippen LogP contribution in [-0.4, -0.2) is 39.2 Å². The molecule has 10 heteroatoms. The lowest BCUT2D eigenvalue weighted by atomic mass is 10.0. The molecule has 7 nitrogen and oxygen atoms in total. The van der Waals surface area contributed by atoms with Crippen molar-refractivity contribution >= 4 is 44.2 Å². The largest absolute Gasteiger partial charge is 0.480 e. The van der Waals surface area contributed by atoms with Crippen molar-refractivity contribution < 1.29 is 28.6 Å². The summed E-state index contributed by atoms with van der Waals surface area (Å²) >= 11 is 1.21. The molecule has 0 spiro atoms. The van der Waals surface area contributed by atoms with E-state index in [4.69, 9.17) is 5.11 Å². The fraction of sp³-hybridized carbons (Fsp3) is 0.160. The number of anilines is 2. The Morgan fingerprint density at radius 1 is 1.00 bits per heavy atom. The van der Waals surface area contributed by atoms with E-state index in [-0.39, 0.29) is 24.5 Å². The van der Waals surface area contributed by atoms with Gasteiger partial charge in [-0.2, -0.15) is 0 Å². The van der Waals surface area contributed by atoms with Gasteiger partial charge in [-0.25, -0.2) is 18.6 Å². The number of nitrogens with zero attached hydrogens (tertiary/aromatic N) is 1. The quantitative estimate of drug-likeness (QED) is 0.279. The Morgan fingerprint density at radius 2 is 1.69 bits per heavy atom. The van der Waals surface area contributed by atoms with Gasteiger partial charge in [0.1, 0.15) is 11.6 Å². The van der Waals surface area contributed by atoms with Gasteiger partial charge in [-0.1, -0.05) is 37.0 Å². The number of benzene rings is 3. The van der Waals surface area contributed by atoms with Crippen LogP contribution in [0, 0.1) is 11.6 Å². The van der Waals surface area contributed by atoms with Gasteiger partial charge >= 0.3 is 5.97 Å². The molecule has 1 aromatic heterocycles. The number of aromatic nitrogens is 1. The van der Waals surface area contributed by atoms with E-state index in [2.05, 4.69) is 15.6 Å². The third-order valence-electron chi connectivity index (χ3n) is 5.08. The van der Waals surface area contributed by atoms with Crippen molar-refractivity contribution in [1.29, 1.82) is 0 Å². The number of hydrogen-bond donors (Lipinski definition) is 4. The molecule has 3 aromatic carbocycles. The monoisotopic (exact) mass is 499 g/mol. The number of aliphatic hydroxyl groups excluding tert-OH is 1. The Bertz CT molecular complexity index is 1370. The highest BCUT2D eigenvalue weighted by Crippen LogP contribution is 2.31. The van der Waals surface area contributed by atoms with E-state index in [0.717, 1.165) is 0 Å². The first-order valence-corrected chi connectivity index (χ1v) is 11.0. The second-order valence-corrected chi connectivity index (χ2v) is 8.59. The highest BCUT2D eigenvalue weighted by atomic mass is 32.1. The molecule has 2 atom stereocenters. The first-order valence-electron chi connectivity index (χ1n) is 10.2. The topological polar surface area (TPSA) is 112 Å². The summed E-state index contributed by atoms with van der Waals surface area (Å²) < 4.78 is 28.8. The van der Waals surface area contributed by atoms with Crippen molar-refractivity contribution in [3.63, 3.8) is 0 Å². The number of carbonyl (C=O) groups excluding carboxylic acids is 1. The number of nitrogens with one attached hydrogen (secondary N) is 2. The number of aliphatic carboxylic acids is 1. The molecule has 0 unspecified atom stereocenters. The maximum absolute atomic E-state index is 14.8. The second kappa shape index (κ2) is 10.6. The average molecular weight is 500 g/mol. The minimum Gasteiger partial charge on any atom is -0.480 e. The first kappa shape index (κ1) is 25.7. The van der Waals surface area contributed by atoms with E-state index in [1.807, 2.05) is 0 Å². The lowest BCUT2D eigenvalue weighted by molar-refractivity contribution is -0.141. The molecule has 4 rings (SSSR count). The Hall–Kier alpha value is -3.89. The third-order valence-corrected chi connectivity index (χ3v) is 6.01. The van der Waals surface area contributed by atoms with Gasteiger partial charge in [0.05, 0.1) is 22.0 Å². The molecular weight excluding hydrogens is 476 g/mol. The fourth-order valence-corrected chi connectivity index (χ4v) is 4.19. The van der Waals surface area contributed by atoms with Gasteiger partial charge in [0, 0.05) is 5.56 Å². The van der Waals surface area contributed by atoms with Gasteiger partial charge in [0.2, 0.25) is 0 Å². The van der Waals surface area contributed by atoms with Gasteiger partial charge < -0.3 is 20.8 Å². The molecule has 0 fully saturated rings. The molecule has 0 aliphatic heterocycles. The van der Waals surface area contributed by atoms with Gasteiger partial charge in [-0.3, -0.25) is 4.79 Å². The maximum atomic E-state index is 14.8. The predicted octanol–water partition coefficient (Wildman–Crippen LogP) is 5.19. The molecule has 0 radical (unpaired) electrons. The number of rotatable bonds is 7. The molecule has 0 bridgehead atoms. The van der Waals surface area contributed by atoms with Gasteiger partial charge in [-0.05, 0) is 60.5 Å². The van der Waals surface area contributed by atoms with Gasteiger partial charge in [-0.15, -0.1) is 0 Å². The number of fused-ring (bicyclic) bond motifs is 1. The number of carbonyl (C=O) groups is 2. The molecule has 0 aliphatic carbocycles. The van der Waals surface area contributed by atoms with E-state index >= 15 is 0 Å². The maximum Gasteiger partial charge on any atom is 0.328 e. The Labute approximate surface area is 204 Å². The zero-order valence-electron chi connectivity index (χ0n) is 17.8. The number of carboxylic acids is 1. The van der Waals surface area contributed by atoms with Gasteiger partial charge in [0.25, 0.3) is 5.91 Å². The molecule has 1 heterocycles. The van der Waals surface area contributed by atoms with Crippen LogP contribution in [0.5, 0.6) is 0 Å². The molecular formula is C25H23F2N3O4S. The van der Waals surface area contributed by atoms with Crippen LogP contribution in [0.25, 0.3) is 21.3 Å². The normalized spacial score (nSPS) is 12.5. The van der Waals surface area contributed by atoms with E-state index < -0.39 is 29.8 Å². The smallest absolute Gasteiger partial charge is 0.328 e. The van der Waals surface area contributed by atoms with Crippen LogP contribution in [0.1, 0.15) is 24.7 Å². The summed E-state index contributed by atoms with van der Waals surface area (Å²) in [5.74, 6) is -2.89. The first-order chi connectivity index (χ1) is 16.2. The van der Waals surface area contributed by atoms with Gasteiger partial charge in [0.15, 0.2) is 11.2 Å². The predicted molar refractivity (Wildman–Crippen MR) is 132 cm³/mol. The van der Waals surface area contributed by atoms with Crippen molar-refractivity contribution in [3.05, 3.63) is 77.9 Å². The van der Waals surface area contributed by atoms with Crippen molar-refractivity contribution in [2.45, 2.75) is 26.5 Å². The fourth-order valence-electron chi connectivity index (χ4n) is 3.29. The third kappa shape index (κ3) is 5.79. The highest BCUT2D eigenvalue weighted by Gasteiger charge is 2.25. The summed E-state index contributed by atoms with van der Waals surface area (Å²) in [7, 11) is 0. The minimum atomic E-state index is -1.43. The molecule has 4 N–H and O–H groups in total. The highest BCUT2D eigenvalue weighted by molar-refractivity contribution is 7.22. The number of hydrogen-bond acceptors (Lipinski definition) is 6. The number of carboxylic acid groups (broad SMARTS) is 1. The Morgan fingerprint density at radius 3 is 2.31 bits per heavy atom. The summed E-state index contributed by atoms with van der Waals surface area (Å²) in [6.45, 7) is 1.27. The molecule has 35 heavy (non-hydrogen) atoms. The summed E-state index contributed by atoms with van der Waals surface area (Å²) in [5, 5.41) is 24.2. The summed E-state index contributed by atoms with van der Waals surface area (Å²) in [5.41, 5.74) is 2.22. The van der Waals surface area contributed by atoms with Crippen LogP contribution in [0.4, 0.5) is 19.6 Å². The molecule has 0 aliphatic rings. The Kier molecular flexibility index (Phi) is 7.78. The van der Waals surface area contributed by atoms with Crippen LogP contribution < -0.4 is 10.6 Å². The summed E-state index contributed by atoms with van der Waals surface area (Å²) in [6.07, 6.45) is -1.26. The lowest BCUT2D eigenvalue weighted by Crippen LogP contribution is -2.47. The zero-order chi connectivity index (χ0) is 24.4. The minimum absolute atomic E-state index is 0. The van der Waals surface area contributed by atoms with Crippen molar-refractivity contribution in [2.75, 3.05) is 5.32 Å². The van der Waals surface area contributed by atoms with E-state index in [0.29, 0.717) is 26.5 Å². The molecule has 0 saturated heterocycles. The van der Waals surface area contributed by atoms with Crippen molar-refractivity contribution in [3.8, 4) is 11.1 Å². The SMILES string of the molecule is C.C[C@H](O)[C@H](NC(=O)c1ccc(-c2ccc(Nc3nc4ccc(F)cc4s3)c(F)c2)cc1)C(=O)O. The summed E-state index contributed by atoms with van der Waals surface area (Å²) in [4.78, 5) is 27.8. The van der Waals surface area contributed by atoms with E-state index in [9.17, 15) is 23.5 Å². The van der Waals surface area contributed by atoms with Crippen LogP contribution in [-0.2, 0) is 4.79 Å². The molecule has 0 saturated carbocycles. The molecule has 182 valence electrons. The number of halogens is 2. The lowest BCUT2D eigenvalue weighted by Gasteiger charge is -2.17. The van der Waals surface area contributed by atoms with E-state index in [1.54, 1.807) is 30.3 Å². The number of aliphatic hydroxyl groups is 1. The van der Waals surface area contributed by atoms with Crippen LogP contribution in [0.15, 0.2) is 60.7 Å². The molecule has 1 amide bonds. The van der Waals surface area contributed by atoms with Crippen molar-refractivity contribution in [1.82, 2.24) is 10.3 Å². The molecule has 4 aromatic rings. The van der Waals surface area contributed by atoms with Crippen LogP contribution in [0.3, 0.4) is 0 Å². The number of thiazole rings is 1. The Balaban J connectivity index is 0.00000342. The average Bonchev–Trinajstić information content (AvgIpc) is 3.19. The second-order valence-electron chi connectivity index (χ2n) is 7.56. The van der Waals surface area contributed by atoms with E-state index in [1.165, 1.54) is 48.6 Å². The summed E-state index contributed by atoms with van der Waals surface area (Å²) in [6, 6.07) is 13.6.